The molecular weight excluding hydrogens is 303 g/mol. The first-order valence-corrected chi connectivity index (χ1v) is 7.02. The first-order valence-electron chi connectivity index (χ1n) is 2.99. The van der Waals surface area contributed by atoms with E-state index in [-0.39, 0.29) is 21.2 Å². The molecule has 0 unspecified atom stereocenters. The van der Waals surface area contributed by atoms with Crippen LogP contribution in [0.1, 0.15) is 5.56 Å². The molecule has 0 aliphatic heterocycles. The van der Waals surface area contributed by atoms with Crippen LogP contribution in [0.25, 0.3) is 0 Å². The molecule has 1 rings (SSSR count). The van der Waals surface area contributed by atoms with Crippen LogP contribution in [0.5, 0.6) is 0 Å². The van der Waals surface area contributed by atoms with Crippen LogP contribution in [0, 0.1) is 10.5 Å². The van der Waals surface area contributed by atoms with Crippen LogP contribution in [-0.2, 0) is 0 Å². The van der Waals surface area contributed by atoms with Gasteiger partial charge in [-0.25, -0.2) is 0 Å². The molecule has 0 spiro atoms. The average Bonchev–Trinajstić information content (AvgIpc) is 1.88. The standard InChI is InChI=1S/C8H9BrI/c1-6-5-7(9)3-4-8(6)10-2/h3-5H,1-2H3/q-1. The third kappa shape index (κ3) is 1.95. The van der Waals surface area contributed by atoms with E-state index in [0.29, 0.717) is 0 Å². The summed E-state index contributed by atoms with van der Waals surface area (Å²) in [6.45, 7) is 2.17. The Balaban J connectivity index is 3.07. The second-order valence-corrected chi connectivity index (χ2v) is 5.24. The molecule has 1 aromatic carbocycles. The van der Waals surface area contributed by atoms with Crippen LogP contribution in [0.15, 0.2) is 22.7 Å². The van der Waals surface area contributed by atoms with Gasteiger partial charge in [-0.1, -0.05) is 0 Å². The van der Waals surface area contributed by atoms with Crippen molar-refractivity contribution in [2.75, 3.05) is 4.93 Å². The van der Waals surface area contributed by atoms with E-state index < -0.39 is 0 Å². The van der Waals surface area contributed by atoms with Gasteiger partial charge in [-0.05, 0) is 0 Å². The molecule has 0 aliphatic rings. The quantitative estimate of drug-likeness (QED) is 0.491. The number of alkyl halides is 1. The van der Waals surface area contributed by atoms with Gasteiger partial charge in [0, 0.05) is 0 Å². The summed E-state index contributed by atoms with van der Waals surface area (Å²) >= 11 is 3.69. The zero-order chi connectivity index (χ0) is 7.56. The van der Waals surface area contributed by atoms with Gasteiger partial charge >= 0.3 is 80.8 Å². The van der Waals surface area contributed by atoms with E-state index in [9.17, 15) is 0 Å². The molecule has 0 amide bonds. The normalized spacial score (nSPS) is 10.3. The van der Waals surface area contributed by atoms with E-state index in [1.165, 1.54) is 10.0 Å². The monoisotopic (exact) mass is 311 g/mol. The maximum atomic E-state index is 3.44. The van der Waals surface area contributed by atoms with Crippen LogP contribution in [0.4, 0.5) is 0 Å². The molecule has 0 atom stereocenters. The fraction of sp³-hybridized carbons (Fsp3) is 0.250. The zero-order valence-corrected chi connectivity index (χ0v) is 9.73. The van der Waals surface area contributed by atoms with Gasteiger partial charge in [-0.3, -0.25) is 0 Å². The van der Waals surface area contributed by atoms with Gasteiger partial charge in [0.25, 0.3) is 0 Å². The van der Waals surface area contributed by atoms with Crippen LogP contribution in [0.2, 0.25) is 0 Å². The molecule has 0 saturated heterocycles. The minimum atomic E-state index is 0.254. The number of benzene rings is 1. The molecule has 0 nitrogen and oxygen atoms in total. The summed E-state index contributed by atoms with van der Waals surface area (Å²) < 4.78 is 2.73. The molecule has 0 saturated carbocycles. The van der Waals surface area contributed by atoms with Crippen LogP contribution < -0.4 is 21.2 Å². The van der Waals surface area contributed by atoms with Crippen molar-refractivity contribution in [3.63, 3.8) is 0 Å². The van der Waals surface area contributed by atoms with E-state index in [0.717, 1.165) is 0 Å². The van der Waals surface area contributed by atoms with Crippen molar-refractivity contribution >= 4 is 15.9 Å². The molecular formula is C8H9BrI-. The van der Waals surface area contributed by atoms with Gasteiger partial charge in [0.05, 0.1) is 0 Å². The average molecular weight is 312 g/mol. The Labute approximate surface area is 80.4 Å². The molecule has 1 aromatic rings. The van der Waals surface area contributed by atoms with Crippen LogP contribution in [-0.4, -0.2) is 4.93 Å². The third-order valence-corrected chi connectivity index (χ3v) is 4.19. The van der Waals surface area contributed by atoms with Gasteiger partial charge in [0.2, 0.25) is 0 Å². The Kier molecular flexibility index (Phi) is 3.17. The van der Waals surface area contributed by atoms with Gasteiger partial charge in [0.15, 0.2) is 0 Å². The van der Waals surface area contributed by atoms with E-state index in [2.05, 4.69) is 46.0 Å². The summed E-state index contributed by atoms with van der Waals surface area (Å²) in [5.74, 6) is 0. The van der Waals surface area contributed by atoms with Crippen LogP contribution >= 0.6 is 15.9 Å². The number of aryl methyl sites for hydroxylation is 1. The summed E-state index contributed by atoms with van der Waals surface area (Å²) in [5, 5.41) is 0. The summed E-state index contributed by atoms with van der Waals surface area (Å²) in [6, 6.07) is 6.51. The molecule has 0 aliphatic carbocycles. The van der Waals surface area contributed by atoms with Crippen LogP contribution in [0.3, 0.4) is 0 Å². The summed E-state index contributed by atoms with van der Waals surface area (Å²) in [6.07, 6.45) is 0. The molecule has 0 heterocycles. The second kappa shape index (κ2) is 3.72. The van der Waals surface area contributed by atoms with Crippen molar-refractivity contribution in [2.24, 2.45) is 0 Å². The Bertz CT molecular complexity index is 233. The summed E-state index contributed by atoms with van der Waals surface area (Å²) in [5.41, 5.74) is 1.42. The molecule has 10 heavy (non-hydrogen) atoms. The van der Waals surface area contributed by atoms with Crippen molar-refractivity contribution in [3.05, 3.63) is 31.8 Å². The predicted octanol–water partition coefficient (Wildman–Crippen LogP) is -0.354. The Morgan fingerprint density at radius 2 is 2.10 bits per heavy atom. The van der Waals surface area contributed by atoms with Gasteiger partial charge in [-0.2, -0.15) is 0 Å². The SMILES string of the molecule is C[I-]c1ccc(Br)cc1C. The van der Waals surface area contributed by atoms with Crippen molar-refractivity contribution in [3.8, 4) is 0 Å². The zero-order valence-electron chi connectivity index (χ0n) is 5.99. The summed E-state index contributed by atoms with van der Waals surface area (Å²) in [4.78, 5) is 2.29. The molecule has 0 fully saturated rings. The number of hydrogen-bond donors (Lipinski definition) is 0. The topological polar surface area (TPSA) is 0 Å². The molecule has 56 valence electrons. The number of hydrogen-bond acceptors (Lipinski definition) is 0. The third-order valence-electron chi connectivity index (χ3n) is 1.32. The van der Waals surface area contributed by atoms with E-state index in [1.807, 2.05) is 0 Å². The molecule has 2 heteroatoms. The first-order chi connectivity index (χ1) is 4.74. The predicted molar refractivity (Wildman–Crippen MR) is 43.5 cm³/mol. The maximum absolute atomic E-state index is 3.44. The second-order valence-electron chi connectivity index (χ2n) is 2.08. The summed E-state index contributed by atoms with van der Waals surface area (Å²) in [7, 11) is 0. The fourth-order valence-corrected chi connectivity index (χ4v) is 2.84. The molecule has 0 radical (unpaired) electrons. The molecule has 0 bridgehead atoms. The van der Waals surface area contributed by atoms with Gasteiger partial charge in [0.1, 0.15) is 0 Å². The van der Waals surface area contributed by atoms with E-state index in [4.69, 9.17) is 0 Å². The molecule has 0 N–H and O–H groups in total. The number of halogens is 2. The molecule has 0 aromatic heterocycles. The van der Waals surface area contributed by atoms with Crippen molar-refractivity contribution in [1.29, 1.82) is 0 Å². The van der Waals surface area contributed by atoms with Crippen molar-refractivity contribution < 1.29 is 21.2 Å². The minimum absolute atomic E-state index is 0.254. The van der Waals surface area contributed by atoms with E-state index >= 15 is 0 Å². The van der Waals surface area contributed by atoms with E-state index in [1.54, 1.807) is 3.57 Å². The Morgan fingerprint density at radius 1 is 1.40 bits per heavy atom. The van der Waals surface area contributed by atoms with Gasteiger partial charge < -0.3 is 0 Å². The number of rotatable bonds is 1. The van der Waals surface area contributed by atoms with Gasteiger partial charge in [-0.15, -0.1) is 0 Å². The van der Waals surface area contributed by atoms with Crippen molar-refractivity contribution in [2.45, 2.75) is 6.92 Å². The fourth-order valence-electron chi connectivity index (χ4n) is 0.820. The van der Waals surface area contributed by atoms with Crippen molar-refractivity contribution in [1.82, 2.24) is 0 Å². The Hall–Kier alpha value is 0.430. The first kappa shape index (κ1) is 8.53. The Morgan fingerprint density at radius 3 is 2.60 bits per heavy atom.